The van der Waals surface area contributed by atoms with Gasteiger partial charge in [0.1, 0.15) is 0 Å². The van der Waals surface area contributed by atoms with Crippen molar-refractivity contribution in [3.63, 3.8) is 0 Å². The zero-order valence-electron chi connectivity index (χ0n) is 12.4. The van der Waals surface area contributed by atoms with Gasteiger partial charge in [0.2, 0.25) is 0 Å². The summed E-state index contributed by atoms with van der Waals surface area (Å²) in [5.41, 5.74) is 3.22. The fourth-order valence-corrected chi connectivity index (χ4v) is 3.52. The Bertz CT molecular complexity index is 782. The Labute approximate surface area is 176 Å². The van der Waals surface area contributed by atoms with E-state index in [4.69, 9.17) is 23.0 Å². The maximum atomic E-state index is 11.1. The van der Waals surface area contributed by atoms with Crippen LogP contribution >= 0.6 is 12.6 Å². The second-order valence-corrected chi connectivity index (χ2v) is 6.50. The van der Waals surface area contributed by atoms with E-state index in [0.717, 1.165) is 29.5 Å². The van der Waals surface area contributed by atoms with Crippen LogP contribution in [0.25, 0.3) is 11.1 Å². The molecule has 3 rings (SSSR count). The minimum atomic E-state index is -0.782. The van der Waals surface area contributed by atoms with Gasteiger partial charge in [-0.1, -0.05) is 12.1 Å². The monoisotopic (exact) mass is 366 g/mol. The van der Waals surface area contributed by atoms with Crippen LogP contribution in [0.1, 0.15) is 35.6 Å². The number of carboxylic acid groups (broad SMARTS) is 1. The molecule has 0 aliphatic heterocycles. The number of carbonyl (C=O) groups is 1. The molecule has 0 amide bonds. The molecule has 1 heterocycles. The van der Waals surface area contributed by atoms with Crippen molar-refractivity contribution in [2.75, 3.05) is 0 Å². The SMILES string of the molecule is N#Cc1ccc(-c2cnccc2C(S)C2(CC(=O)O)CC2)cc1.[CaH2]. The molecule has 0 radical (unpaired) electrons. The fraction of sp³-hybridized carbons (Fsp3) is 0.278. The van der Waals surface area contributed by atoms with Gasteiger partial charge >= 0.3 is 43.7 Å². The number of thiol groups is 1. The van der Waals surface area contributed by atoms with Crippen LogP contribution in [-0.4, -0.2) is 53.8 Å². The van der Waals surface area contributed by atoms with E-state index in [9.17, 15) is 4.79 Å². The van der Waals surface area contributed by atoms with Gasteiger partial charge in [0.15, 0.2) is 0 Å². The van der Waals surface area contributed by atoms with E-state index >= 15 is 0 Å². The van der Waals surface area contributed by atoms with E-state index in [1.807, 2.05) is 18.2 Å². The van der Waals surface area contributed by atoms with Gasteiger partial charge in [-0.05, 0) is 47.6 Å². The van der Waals surface area contributed by atoms with Crippen molar-refractivity contribution in [2.24, 2.45) is 5.41 Å². The molecule has 0 saturated heterocycles. The Morgan fingerprint density at radius 2 is 2.00 bits per heavy atom. The summed E-state index contributed by atoms with van der Waals surface area (Å²) in [6.07, 6.45) is 5.38. The first kappa shape index (κ1) is 19.3. The molecule has 6 heteroatoms. The van der Waals surface area contributed by atoms with Crippen LogP contribution in [0.15, 0.2) is 42.7 Å². The minimum absolute atomic E-state index is 0. The summed E-state index contributed by atoms with van der Waals surface area (Å²) in [4.78, 5) is 15.3. The Morgan fingerprint density at radius 1 is 1.33 bits per heavy atom. The first-order chi connectivity index (χ1) is 11.1. The third-order valence-corrected chi connectivity index (χ3v) is 5.28. The molecule has 4 nitrogen and oxygen atoms in total. The van der Waals surface area contributed by atoms with E-state index in [1.165, 1.54) is 0 Å². The van der Waals surface area contributed by atoms with Crippen molar-refractivity contribution in [3.05, 3.63) is 53.9 Å². The van der Waals surface area contributed by atoms with Crippen LogP contribution in [0.5, 0.6) is 0 Å². The van der Waals surface area contributed by atoms with Gasteiger partial charge in [-0.15, -0.1) is 0 Å². The number of nitriles is 1. The second kappa shape index (κ2) is 7.88. The zero-order valence-corrected chi connectivity index (χ0v) is 13.3. The molecule has 1 aromatic carbocycles. The van der Waals surface area contributed by atoms with Gasteiger partial charge in [0, 0.05) is 23.2 Å². The number of aliphatic carboxylic acids is 1. The van der Waals surface area contributed by atoms with E-state index < -0.39 is 5.97 Å². The summed E-state index contributed by atoms with van der Waals surface area (Å²) in [7, 11) is 0. The summed E-state index contributed by atoms with van der Waals surface area (Å²) in [5, 5.41) is 17.9. The molecule has 1 atom stereocenters. The predicted octanol–water partition coefficient (Wildman–Crippen LogP) is 2.93. The standard InChI is InChI=1S/C18H16N2O2S.Ca.2H/c19-10-12-1-3-13(4-2-12)15-11-20-8-5-14(15)17(23)18(6-7-18)9-16(21)22;;;/h1-5,8,11,17,23H,6-7,9H2,(H,21,22);;;. The number of carboxylic acids is 1. The van der Waals surface area contributed by atoms with Crippen molar-refractivity contribution in [1.82, 2.24) is 4.98 Å². The maximum absolute atomic E-state index is 11.1. The molecule has 1 saturated carbocycles. The third kappa shape index (κ3) is 3.94. The molecule has 1 unspecified atom stereocenters. The number of benzene rings is 1. The van der Waals surface area contributed by atoms with E-state index in [0.29, 0.717) is 5.56 Å². The van der Waals surface area contributed by atoms with Crippen LogP contribution in [0.3, 0.4) is 0 Å². The Balaban J connectivity index is 0.00000208. The van der Waals surface area contributed by atoms with Gasteiger partial charge in [-0.25, -0.2) is 0 Å². The molecule has 0 bridgehead atoms. The predicted molar refractivity (Wildman–Crippen MR) is 98.6 cm³/mol. The van der Waals surface area contributed by atoms with Crippen molar-refractivity contribution in [1.29, 1.82) is 5.26 Å². The molecule has 2 aromatic rings. The molecule has 1 aromatic heterocycles. The summed E-state index contributed by atoms with van der Waals surface area (Å²) in [6, 6.07) is 11.3. The van der Waals surface area contributed by atoms with Crippen molar-refractivity contribution in [2.45, 2.75) is 24.5 Å². The molecule has 1 aliphatic carbocycles. The number of hydrogen-bond donors (Lipinski definition) is 2. The average Bonchev–Trinajstić information content (AvgIpc) is 3.34. The van der Waals surface area contributed by atoms with E-state index in [-0.39, 0.29) is 54.8 Å². The number of nitrogens with zero attached hydrogens (tertiary/aromatic N) is 2. The van der Waals surface area contributed by atoms with Gasteiger partial charge in [-0.3, -0.25) is 9.78 Å². The van der Waals surface area contributed by atoms with Gasteiger partial charge in [0.05, 0.1) is 18.1 Å². The van der Waals surface area contributed by atoms with Gasteiger partial charge in [-0.2, -0.15) is 17.9 Å². The Morgan fingerprint density at radius 3 is 2.54 bits per heavy atom. The number of aromatic nitrogens is 1. The van der Waals surface area contributed by atoms with E-state index in [1.54, 1.807) is 24.5 Å². The normalized spacial score (nSPS) is 15.7. The Hall–Kier alpha value is -1.06. The molecule has 1 aliphatic rings. The quantitative estimate of drug-likeness (QED) is 0.630. The van der Waals surface area contributed by atoms with Crippen LogP contribution in [0.4, 0.5) is 0 Å². The first-order valence-electron chi connectivity index (χ1n) is 7.40. The van der Waals surface area contributed by atoms with E-state index in [2.05, 4.69) is 11.1 Å². The number of rotatable bonds is 5. The van der Waals surface area contributed by atoms with Crippen molar-refractivity contribution < 1.29 is 9.90 Å². The Kier molecular flexibility index (Phi) is 6.33. The van der Waals surface area contributed by atoms with Crippen LogP contribution < -0.4 is 0 Å². The van der Waals surface area contributed by atoms with Crippen LogP contribution in [-0.2, 0) is 4.79 Å². The second-order valence-electron chi connectivity index (χ2n) is 5.99. The van der Waals surface area contributed by atoms with Crippen molar-refractivity contribution >= 4 is 56.3 Å². The summed E-state index contributed by atoms with van der Waals surface area (Å²) >= 11 is 4.75. The molecule has 24 heavy (non-hydrogen) atoms. The molecular formula is C18H18CaN2O2S. The molecular weight excluding hydrogens is 348 g/mol. The molecule has 1 N–H and O–H groups in total. The summed E-state index contributed by atoms with van der Waals surface area (Å²) < 4.78 is 0. The van der Waals surface area contributed by atoms with Gasteiger partial charge < -0.3 is 5.11 Å². The third-order valence-electron chi connectivity index (χ3n) is 4.45. The fourth-order valence-electron chi connectivity index (χ4n) is 2.95. The summed E-state index contributed by atoms with van der Waals surface area (Å²) in [5.74, 6) is -0.782. The van der Waals surface area contributed by atoms with Crippen LogP contribution in [0, 0.1) is 16.7 Å². The van der Waals surface area contributed by atoms with Crippen molar-refractivity contribution in [3.8, 4) is 17.2 Å². The number of hydrogen-bond acceptors (Lipinski definition) is 4. The van der Waals surface area contributed by atoms with Gasteiger partial charge in [0.25, 0.3) is 0 Å². The molecule has 0 spiro atoms. The first-order valence-corrected chi connectivity index (χ1v) is 7.92. The molecule has 120 valence electrons. The topological polar surface area (TPSA) is 74.0 Å². The average molecular weight is 366 g/mol. The number of pyridine rings is 1. The zero-order chi connectivity index (χ0) is 16.4. The summed E-state index contributed by atoms with van der Waals surface area (Å²) in [6.45, 7) is 0. The molecule has 1 fully saturated rings. The van der Waals surface area contributed by atoms with Crippen LogP contribution in [0.2, 0.25) is 0 Å².